The highest BCUT2D eigenvalue weighted by molar-refractivity contribution is 5.95. The number of benzene rings is 1. The largest absolute Gasteiger partial charge is 0.379 e. The van der Waals surface area contributed by atoms with E-state index >= 15 is 0 Å². The van der Waals surface area contributed by atoms with E-state index in [0.717, 1.165) is 36.9 Å². The van der Waals surface area contributed by atoms with Crippen molar-refractivity contribution in [1.29, 1.82) is 0 Å². The van der Waals surface area contributed by atoms with E-state index in [4.69, 9.17) is 4.74 Å². The van der Waals surface area contributed by atoms with Crippen LogP contribution in [-0.4, -0.2) is 41.6 Å². The molecule has 1 saturated heterocycles. The second-order valence-corrected chi connectivity index (χ2v) is 6.36. The molecule has 0 bridgehead atoms. The maximum Gasteiger partial charge on any atom is 0.254 e. The smallest absolute Gasteiger partial charge is 0.254 e. The lowest BCUT2D eigenvalue weighted by Crippen LogP contribution is -2.52. The van der Waals surface area contributed by atoms with Crippen LogP contribution >= 0.6 is 0 Å². The average Bonchev–Trinajstić information content (AvgIpc) is 2.62. The predicted octanol–water partition coefficient (Wildman–Crippen LogP) is 3.25. The van der Waals surface area contributed by atoms with Gasteiger partial charge in [0.2, 0.25) is 0 Å². The summed E-state index contributed by atoms with van der Waals surface area (Å²) in [7, 11) is 1.74. The fourth-order valence-corrected chi connectivity index (χ4v) is 3.51. The van der Waals surface area contributed by atoms with Gasteiger partial charge in [-0.25, -0.2) is 0 Å². The summed E-state index contributed by atoms with van der Waals surface area (Å²) >= 11 is 0. The summed E-state index contributed by atoms with van der Waals surface area (Å²) in [5.74, 6) is 0.0811. The number of rotatable bonds is 4. The Hall–Kier alpha value is -2.20. The van der Waals surface area contributed by atoms with E-state index in [-0.39, 0.29) is 18.1 Å². The molecule has 4 nitrogen and oxygen atoms in total. The number of likely N-dealkylation sites (tertiary alicyclic amines) is 1. The minimum absolute atomic E-state index is 0.0613. The number of aromatic nitrogens is 1. The normalized spacial score (nSPS) is 20.8. The molecule has 1 aromatic heterocycles. The van der Waals surface area contributed by atoms with E-state index in [1.54, 1.807) is 19.5 Å². The number of hydrogen-bond donors (Lipinski definition) is 0. The molecule has 0 unspecified atom stereocenters. The van der Waals surface area contributed by atoms with E-state index < -0.39 is 0 Å². The summed E-state index contributed by atoms with van der Waals surface area (Å²) in [6, 6.07) is 12.2. The number of carbonyl (C=O) groups excluding carboxylic acids is 1. The monoisotopic (exact) mass is 324 g/mol. The van der Waals surface area contributed by atoms with Crippen LogP contribution in [0.3, 0.4) is 0 Å². The van der Waals surface area contributed by atoms with Crippen LogP contribution in [0.2, 0.25) is 0 Å². The van der Waals surface area contributed by atoms with E-state index in [1.165, 1.54) is 5.56 Å². The molecule has 1 amide bonds. The van der Waals surface area contributed by atoms with Crippen LogP contribution in [0.4, 0.5) is 0 Å². The number of nitrogens with zero attached hydrogens (tertiary/aromatic N) is 2. The van der Waals surface area contributed by atoms with Crippen LogP contribution < -0.4 is 0 Å². The van der Waals surface area contributed by atoms with E-state index in [2.05, 4.69) is 17.1 Å². The molecule has 1 aliphatic rings. The summed E-state index contributed by atoms with van der Waals surface area (Å²) in [6.07, 6.45) is 6.29. The van der Waals surface area contributed by atoms with E-state index in [9.17, 15) is 4.79 Å². The first-order valence-electron chi connectivity index (χ1n) is 8.49. The first-order chi connectivity index (χ1) is 11.7. The van der Waals surface area contributed by atoms with Crippen LogP contribution in [0.5, 0.6) is 0 Å². The quantitative estimate of drug-likeness (QED) is 0.867. The first kappa shape index (κ1) is 16.7. The van der Waals surface area contributed by atoms with Crippen LogP contribution in [0.1, 0.15) is 34.3 Å². The van der Waals surface area contributed by atoms with Crippen molar-refractivity contribution >= 4 is 5.91 Å². The molecule has 24 heavy (non-hydrogen) atoms. The number of hydrogen-bond acceptors (Lipinski definition) is 3. The summed E-state index contributed by atoms with van der Waals surface area (Å²) in [6.45, 7) is 2.71. The SMILES string of the molecule is CO[C@H]1CCCN(C(=O)c2ccncc2C)[C@H]1Cc1ccccc1. The summed E-state index contributed by atoms with van der Waals surface area (Å²) in [5, 5.41) is 0. The predicted molar refractivity (Wildman–Crippen MR) is 94.0 cm³/mol. The number of methoxy groups -OCH3 is 1. The zero-order valence-electron chi connectivity index (χ0n) is 14.3. The Morgan fingerprint density at radius 2 is 2.08 bits per heavy atom. The standard InChI is InChI=1S/C20H24N2O2/c1-15-14-21-11-10-17(15)20(23)22-12-6-9-19(24-2)18(22)13-16-7-4-3-5-8-16/h3-5,7-8,10-11,14,18-19H,6,9,12-13H2,1-2H3/t18-,19-/m0/s1. The van der Waals surface area contributed by atoms with Gasteiger partial charge in [-0.2, -0.15) is 0 Å². The molecule has 2 atom stereocenters. The highest BCUT2D eigenvalue weighted by atomic mass is 16.5. The third-order valence-corrected chi connectivity index (χ3v) is 4.82. The van der Waals surface area contributed by atoms with Crippen molar-refractivity contribution in [2.24, 2.45) is 0 Å². The molecule has 4 heteroatoms. The van der Waals surface area contributed by atoms with Gasteiger partial charge < -0.3 is 9.64 Å². The van der Waals surface area contributed by atoms with Crippen LogP contribution in [0, 0.1) is 6.92 Å². The maximum absolute atomic E-state index is 13.1. The van der Waals surface area contributed by atoms with Crippen molar-refractivity contribution < 1.29 is 9.53 Å². The van der Waals surface area contributed by atoms with Gasteiger partial charge in [0.25, 0.3) is 5.91 Å². The zero-order chi connectivity index (χ0) is 16.9. The fourth-order valence-electron chi connectivity index (χ4n) is 3.51. The lowest BCUT2D eigenvalue weighted by Gasteiger charge is -2.41. The van der Waals surface area contributed by atoms with Gasteiger partial charge in [0.15, 0.2) is 0 Å². The maximum atomic E-state index is 13.1. The highest BCUT2D eigenvalue weighted by Gasteiger charge is 2.35. The molecule has 1 aliphatic heterocycles. The van der Waals surface area contributed by atoms with Crippen molar-refractivity contribution in [2.75, 3.05) is 13.7 Å². The molecule has 0 radical (unpaired) electrons. The van der Waals surface area contributed by atoms with Gasteiger partial charge in [-0.15, -0.1) is 0 Å². The van der Waals surface area contributed by atoms with Gasteiger partial charge in [0, 0.05) is 31.6 Å². The summed E-state index contributed by atoms with van der Waals surface area (Å²) < 4.78 is 5.72. The second-order valence-electron chi connectivity index (χ2n) is 6.36. The van der Waals surface area contributed by atoms with Crippen molar-refractivity contribution in [3.63, 3.8) is 0 Å². The molecular weight excluding hydrogens is 300 g/mol. The van der Waals surface area contributed by atoms with Gasteiger partial charge >= 0.3 is 0 Å². The number of aryl methyl sites for hydroxylation is 1. The number of ether oxygens (including phenoxy) is 1. The fraction of sp³-hybridized carbons (Fsp3) is 0.400. The topological polar surface area (TPSA) is 42.4 Å². The van der Waals surface area contributed by atoms with Crippen LogP contribution in [-0.2, 0) is 11.2 Å². The molecule has 3 rings (SSSR count). The van der Waals surface area contributed by atoms with E-state index in [1.807, 2.05) is 36.1 Å². The molecule has 1 fully saturated rings. The Labute approximate surface area is 143 Å². The molecule has 126 valence electrons. The number of amides is 1. The molecule has 2 aromatic rings. The van der Waals surface area contributed by atoms with Gasteiger partial charge in [0.05, 0.1) is 12.1 Å². The lowest BCUT2D eigenvalue weighted by atomic mass is 9.92. The number of carbonyl (C=O) groups is 1. The number of piperidine rings is 1. The average molecular weight is 324 g/mol. The molecule has 0 spiro atoms. The summed E-state index contributed by atoms with van der Waals surface area (Å²) in [4.78, 5) is 19.2. The zero-order valence-corrected chi connectivity index (χ0v) is 14.3. The van der Waals surface area contributed by atoms with Crippen molar-refractivity contribution in [3.05, 3.63) is 65.5 Å². The van der Waals surface area contributed by atoms with Crippen LogP contribution in [0.15, 0.2) is 48.8 Å². The third kappa shape index (κ3) is 3.49. The lowest BCUT2D eigenvalue weighted by molar-refractivity contribution is -0.0117. The minimum atomic E-state index is 0.0613. The van der Waals surface area contributed by atoms with Crippen LogP contribution in [0.25, 0.3) is 0 Å². The molecule has 0 saturated carbocycles. The van der Waals surface area contributed by atoms with Gasteiger partial charge in [0.1, 0.15) is 0 Å². The molecule has 2 heterocycles. The minimum Gasteiger partial charge on any atom is -0.379 e. The number of pyridine rings is 1. The molecule has 0 N–H and O–H groups in total. The Morgan fingerprint density at radius 1 is 1.29 bits per heavy atom. The Bertz CT molecular complexity index is 687. The van der Waals surface area contributed by atoms with Gasteiger partial charge in [-0.1, -0.05) is 30.3 Å². The second kappa shape index (κ2) is 7.58. The Kier molecular flexibility index (Phi) is 5.26. The summed E-state index contributed by atoms with van der Waals surface area (Å²) in [5.41, 5.74) is 2.89. The first-order valence-corrected chi connectivity index (χ1v) is 8.49. The molecule has 1 aromatic carbocycles. The van der Waals surface area contributed by atoms with Crippen molar-refractivity contribution in [1.82, 2.24) is 9.88 Å². The van der Waals surface area contributed by atoms with Crippen molar-refractivity contribution in [2.45, 2.75) is 38.3 Å². The third-order valence-electron chi connectivity index (χ3n) is 4.82. The van der Waals surface area contributed by atoms with E-state index in [0.29, 0.717) is 0 Å². The highest BCUT2D eigenvalue weighted by Crippen LogP contribution is 2.25. The van der Waals surface area contributed by atoms with Gasteiger partial charge in [-0.3, -0.25) is 9.78 Å². The van der Waals surface area contributed by atoms with Gasteiger partial charge in [-0.05, 0) is 43.4 Å². The Balaban J connectivity index is 1.88. The molecular formula is C20H24N2O2. The Morgan fingerprint density at radius 3 is 2.79 bits per heavy atom. The van der Waals surface area contributed by atoms with Crippen molar-refractivity contribution in [3.8, 4) is 0 Å². The molecule has 0 aliphatic carbocycles.